The number of phenolic OH excluding ortho intramolecular Hbond substituents is 1. The lowest BCUT2D eigenvalue weighted by molar-refractivity contribution is 0.0704. The number of amides is 2. The second-order valence-electron chi connectivity index (χ2n) is 13.3. The summed E-state index contributed by atoms with van der Waals surface area (Å²) in [5.74, 6) is -0.829. The van der Waals surface area contributed by atoms with Crippen LogP contribution in [0.3, 0.4) is 0 Å². The van der Waals surface area contributed by atoms with E-state index in [4.69, 9.17) is 22.9 Å². The first-order chi connectivity index (χ1) is 28.8. The Hall–Kier alpha value is -6.16. The molecule has 0 fully saturated rings. The van der Waals surface area contributed by atoms with E-state index in [-0.39, 0.29) is 29.5 Å². The molecule has 0 spiro atoms. The maximum absolute atomic E-state index is 14.0. The molecule has 0 unspecified atom stereocenters. The molecule has 13 nitrogen and oxygen atoms in total. The van der Waals surface area contributed by atoms with Gasteiger partial charge in [-0.2, -0.15) is 0 Å². The van der Waals surface area contributed by atoms with E-state index in [1.807, 2.05) is 93.6 Å². The Morgan fingerprint density at radius 3 is 2.20 bits per heavy atom. The van der Waals surface area contributed by atoms with Gasteiger partial charge in [-0.05, 0) is 92.1 Å². The lowest BCUT2D eigenvalue weighted by Gasteiger charge is -2.28. The monoisotopic (exact) mass is 815 g/mol. The number of carbonyl (C=O) groups is 2. The van der Waals surface area contributed by atoms with Crippen molar-refractivity contribution >= 4 is 64.9 Å². The van der Waals surface area contributed by atoms with Crippen molar-refractivity contribution in [2.24, 2.45) is 10.2 Å². The van der Waals surface area contributed by atoms with E-state index in [2.05, 4.69) is 26.3 Å². The molecule has 6 aromatic rings. The zero-order chi connectivity index (χ0) is 41.6. The Morgan fingerprint density at radius 2 is 1.46 bits per heavy atom. The number of para-hydroxylation sites is 1. The molecule has 0 heterocycles. The molecule has 14 heteroatoms. The van der Waals surface area contributed by atoms with Gasteiger partial charge in [0, 0.05) is 54.4 Å². The summed E-state index contributed by atoms with van der Waals surface area (Å²) >= 11 is 0. The number of benzene rings is 6. The quantitative estimate of drug-likeness (QED) is 0.0254. The van der Waals surface area contributed by atoms with Crippen LogP contribution in [0.1, 0.15) is 53.5 Å². The van der Waals surface area contributed by atoms with Crippen molar-refractivity contribution in [2.45, 2.75) is 39.8 Å². The SMILES string of the molecule is CCO[Si](CCCNC(=O)c1ccc2c(N=Nc3cc(CONc4ccccc4)ccc3OC)c(O)c(C(=O)Nc3cccc4ccccc34)cc2c1)(OCC)OCC. The molecule has 6 rings (SSSR count). The van der Waals surface area contributed by atoms with Crippen molar-refractivity contribution in [3.63, 3.8) is 0 Å². The molecule has 0 bridgehead atoms. The molecule has 0 radical (unpaired) electrons. The number of nitrogens with zero attached hydrogens (tertiary/aromatic N) is 2. The zero-order valence-electron chi connectivity index (χ0n) is 33.6. The van der Waals surface area contributed by atoms with Crippen LogP contribution in [0.4, 0.5) is 22.7 Å². The molecule has 6 aromatic carbocycles. The summed E-state index contributed by atoms with van der Waals surface area (Å²) in [6.07, 6.45) is 0.586. The van der Waals surface area contributed by atoms with E-state index in [0.29, 0.717) is 72.3 Å². The second kappa shape index (κ2) is 20.5. The Morgan fingerprint density at radius 1 is 0.729 bits per heavy atom. The molecule has 0 atom stereocenters. The number of anilines is 2. The lowest BCUT2D eigenvalue weighted by Crippen LogP contribution is -2.46. The fourth-order valence-corrected chi connectivity index (χ4v) is 9.26. The number of ether oxygens (including phenoxy) is 1. The molecule has 2 amide bonds. The summed E-state index contributed by atoms with van der Waals surface area (Å²) in [6.45, 7) is 7.69. The van der Waals surface area contributed by atoms with E-state index >= 15 is 0 Å². The third-order valence-electron chi connectivity index (χ3n) is 9.37. The average molecular weight is 816 g/mol. The minimum absolute atomic E-state index is 0.0380. The average Bonchev–Trinajstić information content (AvgIpc) is 3.25. The molecule has 0 aliphatic carbocycles. The third-order valence-corrected chi connectivity index (χ3v) is 12.5. The van der Waals surface area contributed by atoms with Crippen molar-refractivity contribution in [1.29, 1.82) is 0 Å². The van der Waals surface area contributed by atoms with Gasteiger partial charge in [0.15, 0.2) is 5.75 Å². The molecule has 0 aliphatic heterocycles. The Bertz CT molecular complexity index is 2390. The first kappa shape index (κ1) is 42.4. The first-order valence-corrected chi connectivity index (χ1v) is 21.5. The van der Waals surface area contributed by atoms with E-state index in [0.717, 1.165) is 22.0 Å². The Labute approximate surface area is 344 Å². The maximum Gasteiger partial charge on any atom is 0.500 e. The molecule has 0 aliphatic rings. The summed E-state index contributed by atoms with van der Waals surface area (Å²) < 4.78 is 23.4. The minimum atomic E-state index is -2.87. The maximum atomic E-state index is 14.0. The predicted octanol–water partition coefficient (Wildman–Crippen LogP) is 10.1. The van der Waals surface area contributed by atoms with Gasteiger partial charge in [-0.25, -0.2) is 0 Å². The number of azo groups is 1. The lowest BCUT2D eigenvalue weighted by atomic mass is 10.00. The van der Waals surface area contributed by atoms with Crippen LogP contribution in [-0.4, -0.2) is 59.2 Å². The fraction of sp³-hybridized carbons (Fsp3) is 0.244. The van der Waals surface area contributed by atoms with Crippen LogP contribution in [0.15, 0.2) is 125 Å². The molecule has 0 saturated heterocycles. The summed E-state index contributed by atoms with van der Waals surface area (Å²) in [6, 6.07) is 35.2. The molecule has 4 N–H and O–H groups in total. The number of nitrogens with one attached hydrogen (secondary N) is 3. The van der Waals surface area contributed by atoms with Crippen molar-refractivity contribution in [3.8, 4) is 11.5 Å². The molecular formula is C45H49N5O8Si. The Balaban J connectivity index is 1.30. The van der Waals surface area contributed by atoms with E-state index in [9.17, 15) is 14.7 Å². The largest absolute Gasteiger partial charge is 0.505 e. The Kier molecular flexibility index (Phi) is 14.7. The molecule has 59 heavy (non-hydrogen) atoms. The minimum Gasteiger partial charge on any atom is -0.505 e. The second-order valence-corrected chi connectivity index (χ2v) is 16.1. The highest BCUT2D eigenvalue weighted by Crippen LogP contribution is 2.41. The van der Waals surface area contributed by atoms with Gasteiger partial charge in [0.1, 0.15) is 17.1 Å². The van der Waals surface area contributed by atoms with Crippen molar-refractivity contribution in [1.82, 2.24) is 5.32 Å². The first-order valence-electron chi connectivity index (χ1n) is 19.6. The smallest absolute Gasteiger partial charge is 0.500 e. The van der Waals surface area contributed by atoms with Gasteiger partial charge in [-0.3, -0.25) is 19.9 Å². The van der Waals surface area contributed by atoms with E-state index in [1.165, 1.54) is 7.11 Å². The van der Waals surface area contributed by atoms with Crippen LogP contribution in [0.5, 0.6) is 11.5 Å². The van der Waals surface area contributed by atoms with Crippen LogP contribution in [0.2, 0.25) is 6.04 Å². The van der Waals surface area contributed by atoms with Gasteiger partial charge in [-0.15, -0.1) is 10.2 Å². The molecular weight excluding hydrogens is 767 g/mol. The number of phenols is 1. The number of fused-ring (bicyclic) bond motifs is 2. The van der Waals surface area contributed by atoms with Crippen molar-refractivity contribution in [2.75, 3.05) is 44.3 Å². The number of hydrogen-bond acceptors (Lipinski definition) is 11. The van der Waals surface area contributed by atoms with Gasteiger partial charge >= 0.3 is 8.80 Å². The number of hydrogen-bond donors (Lipinski definition) is 4. The van der Waals surface area contributed by atoms with Gasteiger partial charge in [-0.1, -0.05) is 66.7 Å². The summed E-state index contributed by atoms with van der Waals surface area (Å²) in [7, 11) is -1.34. The summed E-state index contributed by atoms with van der Waals surface area (Å²) in [5.41, 5.74) is 5.77. The standard InChI is InChI=1S/C45H49N5O8Si/c1-5-56-59(57-6-2,58-7-3)26-14-25-46-44(52)33-22-23-37-34(28-33)29-38(45(53)47-39-20-13-16-32-15-11-12-19-36(32)39)43(51)42(37)49-48-40-27-31(21-24-41(40)54-4)30-55-50-35-17-9-8-10-18-35/h8-13,15-24,27-29,50-51H,5-7,14,25-26,30H2,1-4H3,(H,46,52)(H,47,53). The van der Waals surface area contributed by atoms with Crippen LogP contribution < -0.4 is 20.9 Å². The molecule has 306 valence electrons. The molecule has 0 aromatic heterocycles. The summed E-state index contributed by atoms with van der Waals surface area (Å²) in [4.78, 5) is 33.2. The third kappa shape index (κ3) is 10.7. The highest BCUT2D eigenvalue weighted by atomic mass is 28.4. The van der Waals surface area contributed by atoms with Crippen molar-refractivity contribution in [3.05, 3.63) is 132 Å². The van der Waals surface area contributed by atoms with Crippen LogP contribution in [0.25, 0.3) is 21.5 Å². The van der Waals surface area contributed by atoms with Crippen LogP contribution in [-0.2, 0) is 24.7 Å². The number of carbonyl (C=O) groups excluding carboxylic acids is 2. The van der Waals surface area contributed by atoms with Crippen LogP contribution in [0, 0.1) is 0 Å². The molecule has 0 saturated carbocycles. The highest BCUT2D eigenvalue weighted by Gasteiger charge is 2.39. The van der Waals surface area contributed by atoms with Gasteiger partial charge in [0.05, 0.1) is 25.0 Å². The summed E-state index contributed by atoms with van der Waals surface area (Å²) in [5, 5.41) is 29.4. The van der Waals surface area contributed by atoms with E-state index in [1.54, 1.807) is 42.5 Å². The fourth-order valence-electron chi connectivity index (χ4n) is 6.64. The van der Waals surface area contributed by atoms with Gasteiger partial charge in [0.25, 0.3) is 11.8 Å². The predicted molar refractivity (Wildman–Crippen MR) is 232 cm³/mol. The number of rotatable bonds is 20. The van der Waals surface area contributed by atoms with Crippen molar-refractivity contribution < 1.29 is 37.5 Å². The van der Waals surface area contributed by atoms with E-state index < -0.39 is 14.7 Å². The number of aromatic hydroxyl groups is 1. The van der Waals surface area contributed by atoms with Crippen LogP contribution >= 0.6 is 0 Å². The van der Waals surface area contributed by atoms with Gasteiger partial charge in [0.2, 0.25) is 0 Å². The highest BCUT2D eigenvalue weighted by molar-refractivity contribution is 6.60. The zero-order valence-corrected chi connectivity index (χ0v) is 34.6. The van der Waals surface area contributed by atoms with Gasteiger partial charge < -0.3 is 33.8 Å². The normalized spacial score (nSPS) is 11.6. The topological polar surface area (TPSA) is 161 Å². The number of methoxy groups -OCH3 is 1.